The fraction of sp³-hybridized carbons (Fsp3) is 0.286. The van der Waals surface area contributed by atoms with Gasteiger partial charge in [0.1, 0.15) is 6.33 Å². The molecule has 1 heterocycles. The van der Waals surface area contributed by atoms with Gasteiger partial charge in [-0.2, -0.15) is 4.98 Å². The summed E-state index contributed by atoms with van der Waals surface area (Å²) in [5, 5.41) is 0.199. The van der Waals surface area contributed by atoms with Gasteiger partial charge in [0.15, 0.2) is 16.7 Å². The van der Waals surface area contributed by atoms with Crippen LogP contribution in [0.5, 0.6) is 23.1 Å². The quantitative estimate of drug-likeness (QED) is 0.760. The highest BCUT2D eigenvalue weighted by Gasteiger charge is 2.14. The van der Waals surface area contributed by atoms with Crippen LogP contribution in [0.25, 0.3) is 0 Å². The normalized spacial score (nSPS) is 10.2. The van der Waals surface area contributed by atoms with E-state index in [1.54, 1.807) is 6.07 Å². The molecule has 0 bridgehead atoms. The number of aromatic nitrogens is 2. The summed E-state index contributed by atoms with van der Waals surface area (Å²) < 4.78 is 16.5. The summed E-state index contributed by atoms with van der Waals surface area (Å²) in [4.78, 5) is 7.87. The molecule has 2 aromatic rings. The topological polar surface area (TPSA) is 53.5 Å². The number of hydrogen-bond acceptors (Lipinski definition) is 5. The van der Waals surface area contributed by atoms with E-state index in [1.807, 2.05) is 25.1 Å². The molecule has 1 aromatic heterocycles. The minimum absolute atomic E-state index is 0.199. The van der Waals surface area contributed by atoms with E-state index in [4.69, 9.17) is 25.8 Å². The highest BCUT2D eigenvalue weighted by Crippen LogP contribution is 2.37. The van der Waals surface area contributed by atoms with Crippen molar-refractivity contribution < 1.29 is 14.2 Å². The van der Waals surface area contributed by atoms with Crippen LogP contribution in [0.2, 0.25) is 5.15 Å². The second-order valence-corrected chi connectivity index (χ2v) is 4.26. The molecule has 106 valence electrons. The zero-order valence-electron chi connectivity index (χ0n) is 11.3. The summed E-state index contributed by atoms with van der Waals surface area (Å²) in [6, 6.07) is 7.35. The van der Waals surface area contributed by atoms with Crippen molar-refractivity contribution in [2.75, 3.05) is 13.7 Å². The number of ether oxygens (including phenoxy) is 3. The van der Waals surface area contributed by atoms with Gasteiger partial charge in [0.25, 0.3) is 5.88 Å². The van der Waals surface area contributed by atoms with Crippen molar-refractivity contribution in [3.8, 4) is 23.1 Å². The van der Waals surface area contributed by atoms with Crippen molar-refractivity contribution in [3.05, 3.63) is 35.7 Å². The third kappa shape index (κ3) is 3.30. The van der Waals surface area contributed by atoms with E-state index in [2.05, 4.69) is 9.97 Å². The first-order chi connectivity index (χ1) is 9.76. The van der Waals surface area contributed by atoms with Crippen LogP contribution < -0.4 is 14.2 Å². The maximum absolute atomic E-state index is 5.93. The molecule has 0 spiro atoms. The van der Waals surface area contributed by atoms with Gasteiger partial charge in [0.05, 0.1) is 13.7 Å². The van der Waals surface area contributed by atoms with Gasteiger partial charge in [-0.15, -0.1) is 0 Å². The molecule has 6 heteroatoms. The van der Waals surface area contributed by atoms with Crippen LogP contribution in [0, 0.1) is 0 Å². The average molecular weight is 295 g/mol. The van der Waals surface area contributed by atoms with Gasteiger partial charge >= 0.3 is 0 Å². The second-order valence-electron chi connectivity index (χ2n) is 3.90. The van der Waals surface area contributed by atoms with E-state index in [9.17, 15) is 0 Å². The molecule has 1 aromatic carbocycles. The number of halogens is 1. The Morgan fingerprint density at radius 3 is 2.60 bits per heavy atom. The van der Waals surface area contributed by atoms with Gasteiger partial charge in [-0.05, 0) is 18.6 Å². The number of para-hydroxylation sites is 2. The number of methoxy groups -OCH3 is 1. The summed E-state index contributed by atoms with van der Waals surface area (Å²) in [6.45, 7) is 2.65. The summed E-state index contributed by atoms with van der Waals surface area (Å²) in [5.74, 6) is 1.74. The molecule has 5 nitrogen and oxygen atoms in total. The monoisotopic (exact) mass is 294 g/mol. The Morgan fingerprint density at radius 1 is 1.15 bits per heavy atom. The fourth-order valence-corrected chi connectivity index (χ4v) is 1.75. The third-order valence-corrected chi connectivity index (χ3v) is 2.72. The van der Waals surface area contributed by atoms with Crippen LogP contribution in [-0.4, -0.2) is 23.7 Å². The molecule has 0 aliphatic heterocycles. The number of hydrogen-bond donors (Lipinski definition) is 0. The lowest BCUT2D eigenvalue weighted by molar-refractivity contribution is 0.297. The average Bonchev–Trinajstić information content (AvgIpc) is 2.47. The fourth-order valence-electron chi connectivity index (χ4n) is 1.55. The maximum Gasteiger partial charge on any atom is 0.267 e. The second kappa shape index (κ2) is 6.96. The van der Waals surface area contributed by atoms with Crippen LogP contribution in [0.1, 0.15) is 13.3 Å². The molecule has 0 aliphatic carbocycles. The lowest BCUT2D eigenvalue weighted by atomic mass is 10.3. The molecule has 0 amide bonds. The van der Waals surface area contributed by atoms with Crippen molar-refractivity contribution in [3.63, 3.8) is 0 Å². The molecule has 0 N–H and O–H groups in total. The first kappa shape index (κ1) is 14.4. The van der Waals surface area contributed by atoms with Crippen LogP contribution in [0.3, 0.4) is 0 Å². The standard InChI is InChI=1S/C14H15ClN2O3/c1-3-8-19-10-6-4-5-7-11(10)20-14-12(18-2)13(15)16-9-17-14/h4-7,9H,3,8H2,1-2H3. The van der Waals surface area contributed by atoms with E-state index in [1.165, 1.54) is 13.4 Å². The van der Waals surface area contributed by atoms with Crippen molar-refractivity contribution in [1.29, 1.82) is 0 Å². The van der Waals surface area contributed by atoms with Crippen LogP contribution in [-0.2, 0) is 0 Å². The molecule has 20 heavy (non-hydrogen) atoms. The molecule has 0 atom stereocenters. The third-order valence-electron chi connectivity index (χ3n) is 2.45. The molecule has 0 aliphatic rings. The van der Waals surface area contributed by atoms with Crippen molar-refractivity contribution in [2.24, 2.45) is 0 Å². The van der Waals surface area contributed by atoms with Crippen molar-refractivity contribution in [1.82, 2.24) is 9.97 Å². The van der Waals surface area contributed by atoms with Crippen molar-refractivity contribution >= 4 is 11.6 Å². The van der Waals surface area contributed by atoms with E-state index < -0.39 is 0 Å². The predicted molar refractivity (Wildman–Crippen MR) is 75.9 cm³/mol. The number of nitrogens with zero attached hydrogens (tertiary/aromatic N) is 2. The van der Waals surface area contributed by atoms with Gasteiger partial charge in [-0.3, -0.25) is 0 Å². The van der Waals surface area contributed by atoms with E-state index in [0.29, 0.717) is 23.9 Å². The van der Waals surface area contributed by atoms with Gasteiger partial charge in [0.2, 0.25) is 5.75 Å². The lowest BCUT2D eigenvalue weighted by Crippen LogP contribution is -1.99. The number of benzene rings is 1. The zero-order valence-corrected chi connectivity index (χ0v) is 12.1. The minimum Gasteiger partial charge on any atom is -0.490 e. The molecule has 0 fully saturated rings. The zero-order chi connectivity index (χ0) is 14.4. The van der Waals surface area contributed by atoms with Crippen LogP contribution in [0.15, 0.2) is 30.6 Å². The SMILES string of the molecule is CCCOc1ccccc1Oc1ncnc(Cl)c1OC. The van der Waals surface area contributed by atoms with E-state index in [-0.39, 0.29) is 11.0 Å². The minimum atomic E-state index is 0.199. The van der Waals surface area contributed by atoms with Crippen molar-refractivity contribution in [2.45, 2.75) is 13.3 Å². The highest BCUT2D eigenvalue weighted by atomic mass is 35.5. The Labute approximate surface area is 122 Å². The smallest absolute Gasteiger partial charge is 0.267 e. The van der Waals surface area contributed by atoms with Gasteiger partial charge < -0.3 is 14.2 Å². The Bertz CT molecular complexity index is 578. The van der Waals surface area contributed by atoms with E-state index >= 15 is 0 Å². The Morgan fingerprint density at radius 2 is 1.90 bits per heavy atom. The van der Waals surface area contributed by atoms with Crippen LogP contribution in [0.4, 0.5) is 0 Å². The Kier molecular flexibility index (Phi) is 5.01. The summed E-state index contributed by atoms with van der Waals surface area (Å²) in [6.07, 6.45) is 2.23. The largest absolute Gasteiger partial charge is 0.490 e. The lowest BCUT2D eigenvalue weighted by Gasteiger charge is -2.13. The predicted octanol–water partition coefficient (Wildman–Crippen LogP) is 3.72. The molecule has 0 saturated carbocycles. The van der Waals surface area contributed by atoms with Gasteiger partial charge in [-0.1, -0.05) is 30.7 Å². The summed E-state index contributed by atoms with van der Waals surface area (Å²) >= 11 is 5.93. The number of rotatable bonds is 6. The molecule has 0 radical (unpaired) electrons. The van der Waals surface area contributed by atoms with E-state index in [0.717, 1.165) is 6.42 Å². The van der Waals surface area contributed by atoms with Crippen LogP contribution >= 0.6 is 11.6 Å². The summed E-state index contributed by atoms with van der Waals surface area (Å²) in [7, 11) is 1.48. The van der Waals surface area contributed by atoms with Gasteiger partial charge in [-0.25, -0.2) is 4.98 Å². The highest BCUT2D eigenvalue weighted by molar-refractivity contribution is 6.31. The Balaban J connectivity index is 2.28. The summed E-state index contributed by atoms with van der Waals surface area (Å²) in [5.41, 5.74) is 0. The molecular weight excluding hydrogens is 280 g/mol. The molecule has 0 saturated heterocycles. The molecule has 2 rings (SSSR count). The molecule has 0 unspecified atom stereocenters. The maximum atomic E-state index is 5.93. The first-order valence-corrected chi connectivity index (χ1v) is 6.58. The van der Waals surface area contributed by atoms with Gasteiger partial charge in [0, 0.05) is 0 Å². The first-order valence-electron chi connectivity index (χ1n) is 6.20. The molecular formula is C14H15ClN2O3. The Hall–Kier alpha value is -2.01.